The van der Waals surface area contributed by atoms with Crippen LogP contribution >= 0.6 is 0 Å². The molecule has 1 amide bonds. The van der Waals surface area contributed by atoms with Gasteiger partial charge in [0, 0.05) is 20.1 Å². The molecule has 10 nitrogen and oxygen atoms in total. The molecular weight excluding hydrogens is 342 g/mol. The first-order valence-electron chi connectivity index (χ1n) is 8.35. The number of hydrogen-bond acceptors (Lipinski definition) is 6. The van der Waals surface area contributed by atoms with Crippen LogP contribution in [0.5, 0.6) is 0 Å². The summed E-state index contributed by atoms with van der Waals surface area (Å²) in [7, 11) is 2.84. The van der Waals surface area contributed by atoms with Crippen LogP contribution in [-0.2, 0) is 35.0 Å². The van der Waals surface area contributed by atoms with Crippen molar-refractivity contribution in [2.75, 3.05) is 6.61 Å². The number of nitrogens with one attached hydrogen (secondary N) is 1. The number of aryl methyl sites for hydroxylation is 1. The van der Waals surface area contributed by atoms with E-state index in [0.29, 0.717) is 5.92 Å². The number of rotatable bonds is 6. The Labute approximate surface area is 148 Å². The van der Waals surface area contributed by atoms with Gasteiger partial charge < -0.3 is 14.6 Å². The molecule has 0 saturated heterocycles. The third-order valence-corrected chi connectivity index (χ3v) is 4.60. The number of hydrogen-bond donors (Lipinski definition) is 1. The van der Waals surface area contributed by atoms with Crippen molar-refractivity contribution in [3.63, 3.8) is 0 Å². The molecule has 10 heteroatoms. The molecule has 0 radical (unpaired) electrons. The zero-order chi connectivity index (χ0) is 19.0. The summed E-state index contributed by atoms with van der Waals surface area (Å²) >= 11 is 0. The van der Waals surface area contributed by atoms with Crippen LogP contribution in [0.2, 0.25) is 0 Å². The lowest BCUT2D eigenvalue weighted by Crippen LogP contribution is -2.38. The highest BCUT2D eigenvalue weighted by atomic mass is 16.5. The second-order valence-corrected chi connectivity index (χ2v) is 6.60. The van der Waals surface area contributed by atoms with Crippen LogP contribution in [0.15, 0.2) is 15.9 Å². The van der Waals surface area contributed by atoms with E-state index in [1.807, 2.05) is 6.92 Å². The molecule has 2 aromatic heterocycles. The number of ether oxygens (including phenoxy) is 1. The second kappa shape index (κ2) is 6.77. The molecular formula is C16H21N5O5. The predicted octanol–water partition coefficient (Wildman–Crippen LogP) is -1.11. The van der Waals surface area contributed by atoms with E-state index in [1.54, 1.807) is 0 Å². The van der Waals surface area contributed by atoms with Crippen LogP contribution in [0, 0.1) is 5.92 Å². The summed E-state index contributed by atoms with van der Waals surface area (Å²) in [5.41, 5.74) is -0.749. The van der Waals surface area contributed by atoms with Crippen molar-refractivity contribution in [2.24, 2.45) is 20.0 Å². The number of carbonyl (C=O) groups is 2. The van der Waals surface area contributed by atoms with Crippen molar-refractivity contribution in [3.05, 3.63) is 27.2 Å². The van der Waals surface area contributed by atoms with Gasteiger partial charge in [-0.15, -0.1) is 0 Å². The predicted molar refractivity (Wildman–Crippen MR) is 91.5 cm³/mol. The number of imidazole rings is 1. The van der Waals surface area contributed by atoms with E-state index >= 15 is 0 Å². The number of amides is 1. The molecule has 1 saturated carbocycles. The summed E-state index contributed by atoms with van der Waals surface area (Å²) in [5.74, 6) is -0.518. The Morgan fingerprint density at radius 1 is 1.31 bits per heavy atom. The Balaban J connectivity index is 1.67. The summed E-state index contributed by atoms with van der Waals surface area (Å²) < 4.78 is 8.45. The van der Waals surface area contributed by atoms with E-state index in [4.69, 9.17) is 4.74 Å². The molecule has 140 valence electrons. The van der Waals surface area contributed by atoms with E-state index in [-0.39, 0.29) is 36.3 Å². The third kappa shape index (κ3) is 3.39. The first kappa shape index (κ1) is 17.9. The number of carbonyl (C=O) groups excluding carboxylic acids is 2. The van der Waals surface area contributed by atoms with E-state index in [1.165, 1.54) is 29.6 Å². The maximum Gasteiger partial charge on any atom is 0.332 e. The Kier molecular flexibility index (Phi) is 4.66. The van der Waals surface area contributed by atoms with Crippen LogP contribution < -0.4 is 16.6 Å². The Bertz CT molecular complexity index is 981. The van der Waals surface area contributed by atoms with Crippen molar-refractivity contribution < 1.29 is 14.3 Å². The Hall–Kier alpha value is -2.91. The molecule has 0 bridgehead atoms. The fourth-order valence-electron chi connectivity index (χ4n) is 2.86. The van der Waals surface area contributed by atoms with E-state index in [2.05, 4.69) is 10.3 Å². The lowest BCUT2D eigenvalue weighted by Gasteiger charge is -2.13. The molecule has 2 aromatic rings. The van der Waals surface area contributed by atoms with Crippen LogP contribution in [-0.4, -0.2) is 43.2 Å². The molecule has 1 aliphatic carbocycles. The molecule has 0 spiro atoms. The average Bonchev–Trinajstić information content (AvgIpc) is 3.37. The van der Waals surface area contributed by atoms with Crippen LogP contribution in [0.25, 0.3) is 11.2 Å². The number of esters is 1. The zero-order valence-corrected chi connectivity index (χ0v) is 14.9. The first-order valence-corrected chi connectivity index (χ1v) is 8.35. The van der Waals surface area contributed by atoms with Crippen LogP contribution in [0.4, 0.5) is 0 Å². The van der Waals surface area contributed by atoms with Gasteiger partial charge in [0.1, 0.15) is 6.54 Å². The fourth-order valence-corrected chi connectivity index (χ4v) is 2.86. The average molecular weight is 363 g/mol. The fraction of sp³-hybridized carbons (Fsp3) is 0.562. The summed E-state index contributed by atoms with van der Waals surface area (Å²) in [6, 6.07) is 0.0723. The molecule has 26 heavy (non-hydrogen) atoms. The minimum atomic E-state index is -0.672. The maximum atomic E-state index is 12.3. The van der Waals surface area contributed by atoms with E-state index < -0.39 is 17.2 Å². The quantitative estimate of drug-likeness (QED) is 0.651. The van der Waals surface area contributed by atoms with Gasteiger partial charge in [-0.1, -0.05) is 0 Å². The van der Waals surface area contributed by atoms with Gasteiger partial charge >= 0.3 is 11.7 Å². The number of fused-ring (bicyclic) bond motifs is 1. The largest absolute Gasteiger partial charge is 0.454 e. The summed E-state index contributed by atoms with van der Waals surface area (Å²) in [5, 5.41) is 2.79. The van der Waals surface area contributed by atoms with E-state index in [9.17, 15) is 19.2 Å². The van der Waals surface area contributed by atoms with Crippen molar-refractivity contribution in [3.8, 4) is 0 Å². The molecule has 0 aromatic carbocycles. The van der Waals surface area contributed by atoms with Gasteiger partial charge in [-0.25, -0.2) is 9.78 Å². The monoisotopic (exact) mass is 363 g/mol. The molecule has 1 atom stereocenters. The molecule has 0 aliphatic heterocycles. The topological polar surface area (TPSA) is 117 Å². The zero-order valence-electron chi connectivity index (χ0n) is 14.9. The molecule has 1 fully saturated rings. The highest BCUT2D eigenvalue weighted by Gasteiger charge is 2.29. The van der Waals surface area contributed by atoms with Crippen molar-refractivity contribution in [2.45, 2.75) is 32.4 Å². The number of nitrogens with zero attached hydrogens (tertiary/aromatic N) is 4. The van der Waals surface area contributed by atoms with E-state index in [0.717, 1.165) is 17.4 Å². The standard InChI is InChI=1S/C16H21N5O5/c1-9(10-4-5-10)18-11(22)7-26-12(23)6-21-8-17-14-13(21)15(24)20(3)16(25)19(14)2/h8-10H,4-7H2,1-3H3,(H,18,22)/t9-/m1/s1. The minimum absolute atomic E-state index is 0.0723. The summed E-state index contributed by atoms with van der Waals surface area (Å²) in [4.78, 5) is 52.0. The lowest BCUT2D eigenvalue weighted by molar-refractivity contribution is -0.149. The van der Waals surface area contributed by atoms with Gasteiger partial charge in [-0.2, -0.15) is 0 Å². The first-order chi connectivity index (χ1) is 12.3. The molecule has 0 unspecified atom stereocenters. The van der Waals surface area contributed by atoms with Gasteiger partial charge in [0.25, 0.3) is 11.5 Å². The van der Waals surface area contributed by atoms with Crippen molar-refractivity contribution in [1.82, 2.24) is 24.0 Å². The molecule has 1 N–H and O–H groups in total. The van der Waals surface area contributed by atoms with Gasteiger partial charge in [0.2, 0.25) is 0 Å². The van der Waals surface area contributed by atoms with Crippen LogP contribution in [0.1, 0.15) is 19.8 Å². The van der Waals surface area contributed by atoms with Gasteiger partial charge in [-0.05, 0) is 25.7 Å². The highest BCUT2D eigenvalue weighted by Crippen LogP contribution is 2.32. The normalized spacial score (nSPS) is 15.0. The van der Waals surface area contributed by atoms with Crippen molar-refractivity contribution >= 4 is 23.0 Å². The second-order valence-electron chi connectivity index (χ2n) is 6.60. The van der Waals surface area contributed by atoms with Gasteiger partial charge in [0.15, 0.2) is 17.8 Å². The lowest BCUT2D eigenvalue weighted by atomic mass is 10.2. The smallest absolute Gasteiger partial charge is 0.332 e. The summed E-state index contributed by atoms with van der Waals surface area (Å²) in [6.07, 6.45) is 3.50. The summed E-state index contributed by atoms with van der Waals surface area (Å²) in [6.45, 7) is 1.27. The minimum Gasteiger partial charge on any atom is -0.454 e. The third-order valence-electron chi connectivity index (χ3n) is 4.60. The highest BCUT2D eigenvalue weighted by molar-refractivity contribution is 5.81. The van der Waals surface area contributed by atoms with Gasteiger partial charge in [-0.3, -0.25) is 23.5 Å². The van der Waals surface area contributed by atoms with Crippen LogP contribution in [0.3, 0.4) is 0 Å². The maximum absolute atomic E-state index is 12.3. The molecule has 3 rings (SSSR count). The molecule has 1 aliphatic rings. The van der Waals surface area contributed by atoms with Crippen molar-refractivity contribution in [1.29, 1.82) is 0 Å². The number of aromatic nitrogens is 4. The Morgan fingerprint density at radius 3 is 2.65 bits per heavy atom. The SMILES string of the molecule is C[C@@H](NC(=O)COC(=O)Cn1cnc2c1c(=O)n(C)c(=O)n2C)C1CC1. The molecule has 2 heterocycles. The van der Waals surface area contributed by atoms with Gasteiger partial charge in [0.05, 0.1) is 6.33 Å². The Morgan fingerprint density at radius 2 is 2.00 bits per heavy atom.